The topological polar surface area (TPSA) is 12.0 Å². The lowest BCUT2D eigenvalue weighted by molar-refractivity contribution is 0.238. The van der Waals surface area contributed by atoms with Crippen LogP contribution < -0.4 is 5.32 Å². The zero-order valence-corrected chi connectivity index (χ0v) is 12.4. The van der Waals surface area contributed by atoms with Crippen LogP contribution >= 0.6 is 12.4 Å². The maximum Gasteiger partial charge on any atom is 0.0208 e. The summed E-state index contributed by atoms with van der Waals surface area (Å²) >= 11 is 0. The molecule has 0 heterocycles. The van der Waals surface area contributed by atoms with Crippen LogP contribution in [-0.2, 0) is 6.54 Å². The van der Waals surface area contributed by atoms with Crippen LogP contribution in [0.5, 0.6) is 0 Å². The summed E-state index contributed by atoms with van der Waals surface area (Å²) in [6.07, 6.45) is 5.53. The Morgan fingerprint density at radius 1 is 1.06 bits per heavy atom. The summed E-state index contributed by atoms with van der Waals surface area (Å²) in [5, 5.41) is 3.70. The summed E-state index contributed by atoms with van der Waals surface area (Å²) in [6.45, 7) is 5.75. The Morgan fingerprint density at radius 2 is 1.67 bits per heavy atom. The molecule has 1 aromatic carbocycles. The van der Waals surface area contributed by atoms with E-state index in [1.165, 1.54) is 31.2 Å². The molecule has 2 rings (SSSR count). The number of hydrogen-bond donors (Lipinski definition) is 1. The number of nitrogens with one attached hydrogen (secondary N) is 1. The third-order valence-electron chi connectivity index (χ3n) is 4.15. The van der Waals surface area contributed by atoms with Crippen molar-refractivity contribution >= 4 is 12.4 Å². The smallest absolute Gasteiger partial charge is 0.0208 e. The fourth-order valence-corrected chi connectivity index (χ4v) is 2.85. The fraction of sp³-hybridized carbons (Fsp3) is 0.625. The summed E-state index contributed by atoms with van der Waals surface area (Å²) < 4.78 is 0. The van der Waals surface area contributed by atoms with Crippen molar-refractivity contribution in [1.82, 2.24) is 5.32 Å². The van der Waals surface area contributed by atoms with Crippen molar-refractivity contribution < 1.29 is 0 Å². The first-order valence-electron chi connectivity index (χ1n) is 7.03. The molecule has 0 aliphatic heterocycles. The van der Waals surface area contributed by atoms with Gasteiger partial charge >= 0.3 is 0 Å². The van der Waals surface area contributed by atoms with E-state index < -0.39 is 0 Å². The molecule has 1 N–H and O–H groups in total. The van der Waals surface area contributed by atoms with Crippen molar-refractivity contribution in [3.05, 3.63) is 35.9 Å². The zero-order valence-electron chi connectivity index (χ0n) is 11.6. The standard InChI is InChI=1S/C16H25N.ClH/c1-13(2)15-8-10-16(11-9-15)17-12-14-6-4-3-5-7-14;/h3-7,13,15-17H,8-12H2,1-2H3;1H. The highest BCUT2D eigenvalue weighted by Crippen LogP contribution is 2.29. The minimum absolute atomic E-state index is 0. The van der Waals surface area contributed by atoms with E-state index in [0.29, 0.717) is 0 Å². The molecule has 18 heavy (non-hydrogen) atoms. The van der Waals surface area contributed by atoms with E-state index in [1.54, 1.807) is 0 Å². The molecule has 1 aliphatic rings. The molecule has 1 aliphatic carbocycles. The van der Waals surface area contributed by atoms with Crippen molar-refractivity contribution in [2.45, 2.75) is 52.1 Å². The maximum absolute atomic E-state index is 3.70. The molecular weight excluding hydrogens is 242 g/mol. The van der Waals surface area contributed by atoms with Gasteiger partial charge in [0.25, 0.3) is 0 Å². The minimum atomic E-state index is 0. The lowest BCUT2D eigenvalue weighted by Crippen LogP contribution is -2.33. The van der Waals surface area contributed by atoms with E-state index in [2.05, 4.69) is 49.5 Å². The van der Waals surface area contributed by atoms with Crippen molar-refractivity contribution in [2.75, 3.05) is 0 Å². The molecule has 2 heteroatoms. The summed E-state index contributed by atoms with van der Waals surface area (Å²) in [6, 6.07) is 11.5. The van der Waals surface area contributed by atoms with Gasteiger partial charge in [-0.1, -0.05) is 44.2 Å². The average Bonchev–Trinajstić information content (AvgIpc) is 2.38. The van der Waals surface area contributed by atoms with Gasteiger partial charge in [0.05, 0.1) is 0 Å². The van der Waals surface area contributed by atoms with Crippen molar-refractivity contribution in [3.63, 3.8) is 0 Å². The number of hydrogen-bond acceptors (Lipinski definition) is 1. The normalized spacial score (nSPS) is 23.7. The predicted octanol–water partition coefficient (Wildman–Crippen LogP) is 4.41. The van der Waals surface area contributed by atoms with Crippen LogP contribution in [0.2, 0.25) is 0 Å². The third-order valence-corrected chi connectivity index (χ3v) is 4.15. The lowest BCUT2D eigenvalue weighted by atomic mass is 9.80. The largest absolute Gasteiger partial charge is 0.310 e. The van der Waals surface area contributed by atoms with Crippen LogP contribution in [0.4, 0.5) is 0 Å². The molecule has 1 aromatic rings. The molecule has 0 aromatic heterocycles. The molecule has 1 fully saturated rings. The highest BCUT2D eigenvalue weighted by molar-refractivity contribution is 5.85. The lowest BCUT2D eigenvalue weighted by Gasteiger charge is -2.31. The van der Waals surface area contributed by atoms with Gasteiger partial charge in [0.15, 0.2) is 0 Å². The third kappa shape index (κ3) is 4.62. The first-order chi connectivity index (χ1) is 8.25. The Labute approximate surface area is 118 Å². The van der Waals surface area contributed by atoms with E-state index >= 15 is 0 Å². The van der Waals surface area contributed by atoms with Gasteiger partial charge in [-0.05, 0) is 43.1 Å². The number of benzene rings is 1. The van der Waals surface area contributed by atoms with Gasteiger partial charge in [-0.15, -0.1) is 12.4 Å². The van der Waals surface area contributed by atoms with E-state index in [0.717, 1.165) is 24.4 Å². The Kier molecular flexibility index (Phi) is 6.73. The fourth-order valence-electron chi connectivity index (χ4n) is 2.85. The molecular formula is C16H26ClN. The van der Waals surface area contributed by atoms with Crippen molar-refractivity contribution in [3.8, 4) is 0 Å². The molecule has 0 radical (unpaired) electrons. The first-order valence-corrected chi connectivity index (χ1v) is 7.03. The van der Waals surface area contributed by atoms with Gasteiger partial charge in [-0.2, -0.15) is 0 Å². The maximum atomic E-state index is 3.70. The van der Waals surface area contributed by atoms with E-state index in [-0.39, 0.29) is 12.4 Å². The summed E-state index contributed by atoms with van der Waals surface area (Å²) in [5.74, 6) is 1.83. The van der Waals surface area contributed by atoms with Crippen molar-refractivity contribution in [1.29, 1.82) is 0 Å². The second-order valence-electron chi connectivity index (χ2n) is 5.72. The highest BCUT2D eigenvalue weighted by Gasteiger charge is 2.22. The van der Waals surface area contributed by atoms with Crippen LogP contribution in [0.15, 0.2) is 30.3 Å². The van der Waals surface area contributed by atoms with Crippen molar-refractivity contribution in [2.24, 2.45) is 11.8 Å². The summed E-state index contributed by atoms with van der Waals surface area (Å²) in [7, 11) is 0. The molecule has 0 spiro atoms. The van der Waals surface area contributed by atoms with Gasteiger partial charge in [-0.25, -0.2) is 0 Å². The zero-order chi connectivity index (χ0) is 12.1. The van der Waals surface area contributed by atoms with E-state index in [1.807, 2.05) is 0 Å². The van der Waals surface area contributed by atoms with Crippen LogP contribution in [0.25, 0.3) is 0 Å². The number of halogens is 1. The Bertz CT molecular complexity index is 315. The summed E-state index contributed by atoms with van der Waals surface area (Å²) in [5.41, 5.74) is 1.40. The van der Waals surface area contributed by atoms with E-state index in [9.17, 15) is 0 Å². The van der Waals surface area contributed by atoms with Gasteiger partial charge in [0.2, 0.25) is 0 Å². The summed E-state index contributed by atoms with van der Waals surface area (Å²) in [4.78, 5) is 0. The molecule has 0 bridgehead atoms. The predicted molar refractivity (Wildman–Crippen MR) is 81.1 cm³/mol. The van der Waals surface area contributed by atoms with E-state index in [4.69, 9.17) is 0 Å². The molecule has 1 nitrogen and oxygen atoms in total. The van der Waals surface area contributed by atoms with Gasteiger partial charge in [0, 0.05) is 12.6 Å². The van der Waals surface area contributed by atoms with Crippen LogP contribution in [0.1, 0.15) is 45.1 Å². The van der Waals surface area contributed by atoms with Gasteiger partial charge in [-0.3, -0.25) is 0 Å². The first kappa shape index (κ1) is 15.5. The molecule has 0 amide bonds. The Morgan fingerprint density at radius 3 is 2.22 bits per heavy atom. The van der Waals surface area contributed by atoms with Crippen LogP contribution in [0.3, 0.4) is 0 Å². The quantitative estimate of drug-likeness (QED) is 0.852. The SMILES string of the molecule is CC(C)C1CCC(NCc2ccccc2)CC1.Cl. The molecule has 0 atom stereocenters. The molecule has 1 saturated carbocycles. The highest BCUT2D eigenvalue weighted by atomic mass is 35.5. The molecule has 0 unspecified atom stereocenters. The average molecular weight is 268 g/mol. The second-order valence-corrected chi connectivity index (χ2v) is 5.72. The molecule has 0 saturated heterocycles. The van der Waals surface area contributed by atoms with Gasteiger partial charge in [0.1, 0.15) is 0 Å². The van der Waals surface area contributed by atoms with Crippen LogP contribution in [0, 0.1) is 11.8 Å². The van der Waals surface area contributed by atoms with Crippen LogP contribution in [-0.4, -0.2) is 6.04 Å². The number of rotatable bonds is 4. The monoisotopic (exact) mass is 267 g/mol. The Hall–Kier alpha value is -0.530. The minimum Gasteiger partial charge on any atom is -0.310 e. The second kappa shape index (κ2) is 7.81. The Balaban J connectivity index is 0.00000162. The molecule has 102 valence electrons. The van der Waals surface area contributed by atoms with Gasteiger partial charge < -0.3 is 5.32 Å².